The number of carbonyl (C=O) groups is 1. The van der Waals surface area contributed by atoms with Gasteiger partial charge in [-0.15, -0.1) is 5.10 Å². The van der Waals surface area contributed by atoms with Gasteiger partial charge in [0.15, 0.2) is 5.69 Å². The molecule has 0 fully saturated rings. The monoisotopic (exact) mass is 291 g/mol. The fraction of sp³-hybridized carbons (Fsp3) is 0.357. The molecule has 6 nitrogen and oxygen atoms in total. The molecule has 1 heterocycles. The fourth-order valence-electron chi connectivity index (χ4n) is 1.74. The number of likely N-dealkylation sites (N-methyl/N-ethyl adjacent to an activating group) is 1. The van der Waals surface area contributed by atoms with Crippen LogP contribution in [0.1, 0.15) is 16.1 Å². The molecule has 112 valence electrons. The van der Waals surface area contributed by atoms with Crippen molar-refractivity contribution in [3.8, 4) is 0 Å². The maximum absolute atomic E-state index is 12.8. The quantitative estimate of drug-likeness (QED) is 0.853. The number of nitrogens with one attached hydrogen (secondary N) is 1. The largest absolute Gasteiger partial charge is 0.349 e. The lowest BCUT2D eigenvalue weighted by Gasteiger charge is -2.09. The summed E-state index contributed by atoms with van der Waals surface area (Å²) in [6.07, 6.45) is 1.58. The van der Waals surface area contributed by atoms with E-state index in [0.29, 0.717) is 13.1 Å². The molecule has 1 aromatic carbocycles. The smallest absolute Gasteiger partial charge is 0.273 e. The lowest BCUT2D eigenvalue weighted by molar-refractivity contribution is 0.0946. The first kappa shape index (κ1) is 15.1. The Bertz CT molecular complexity index is 594. The molecule has 21 heavy (non-hydrogen) atoms. The molecular formula is C14H18FN5O. The van der Waals surface area contributed by atoms with Gasteiger partial charge in [0, 0.05) is 13.1 Å². The average Bonchev–Trinajstić information content (AvgIpc) is 2.89. The van der Waals surface area contributed by atoms with Crippen LogP contribution in [0.4, 0.5) is 4.39 Å². The van der Waals surface area contributed by atoms with Crippen molar-refractivity contribution in [1.82, 2.24) is 25.2 Å². The number of benzene rings is 1. The molecule has 2 aromatic rings. The maximum Gasteiger partial charge on any atom is 0.273 e. The van der Waals surface area contributed by atoms with Crippen molar-refractivity contribution in [1.29, 1.82) is 0 Å². The Hall–Kier alpha value is -2.28. The minimum absolute atomic E-state index is 0.248. The van der Waals surface area contributed by atoms with E-state index >= 15 is 0 Å². The number of nitrogens with zero attached hydrogens (tertiary/aromatic N) is 4. The van der Waals surface area contributed by atoms with Crippen LogP contribution in [0.3, 0.4) is 0 Å². The standard InChI is InChI=1S/C14H18FN5O/c1-19(2)8-7-16-14(21)13-10-20(18-17-13)9-11-3-5-12(15)6-4-11/h3-6,10H,7-9H2,1-2H3,(H,16,21). The number of amides is 1. The van der Waals surface area contributed by atoms with Gasteiger partial charge in [-0.05, 0) is 31.8 Å². The molecule has 0 aliphatic heterocycles. The van der Waals surface area contributed by atoms with E-state index in [4.69, 9.17) is 0 Å². The number of rotatable bonds is 6. The average molecular weight is 291 g/mol. The minimum Gasteiger partial charge on any atom is -0.349 e. The molecule has 0 atom stereocenters. The van der Waals surface area contributed by atoms with Gasteiger partial charge < -0.3 is 10.2 Å². The van der Waals surface area contributed by atoms with Crippen molar-refractivity contribution in [3.63, 3.8) is 0 Å². The van der Waals surface area contributed by atoms with Crippen LogP contribution in [0.15, 0.2) is 30.5 Å². The third kappa shape index (κ3) is 4.64. The highest BCUT2D eigenvalue weighted by molar-refractivity contribution is 5.91. The van der Waals surface area contributed by atoms with Crippen molar-refractivity contribution >= 4 is 5.91 Å². The van der Waals surface area contributed by atoms with E-state index < -0.39 is 0 Å². The first-order chi connectivity index (χ1) is 10.0. The second kappa shape index (κ2) is 6.94. The zero-order chi connectivity index (χ0) is 15.2. The van der Waals surface area contributed by atoms with Gasteiger partial charge in [0.1, 0.15) is 5.82 Å². The van der Waals surface area contributed by atoms with Gasteiger partial charge in [0.25, 0.3) is 5.91 Å². The van der Waals surface area contributed by atoms with Crippen LogP contribution >= 0.6 is 0 Å². The lowest BCUT2D eigenvalue weighted by atomic mass is 10.2. The fourth-order valence-corrected chi connectivity index (χ4v) is 1.74. The molecule has 2 rings (SSSR count). The third-order valence-corrected chi connectivity index (χ3v) is 2.87. The molecule has 1 amide bonds. The zero-order valence-electron chi connectivity index (χ0n) is 12.1. The Kier molecular flexibility index (Phi) is 4.99. The number of aromatic nitrogens is 3. The molecule has 0 radical (unpaired) electrons. The van der Waals surface area contributed by atoms with Crippen LogP contribution in [0, 0.1) is 5.82 Å². The van der Waals surface area contributed by atoms with Gasteiger partial charge >= 0.3 is 0 Å². The predicted molar refractivity (Wildman–Crippen MR) is 76.4 cm³/mol. The minimum atomic E-state index is -0.279. The summed E-state index contributed by atoms with van der Waals surface area (Å²) in [5.41, 5.74) is 1.16. The molecular weight excluding hydrogens is 273 g/mol. The van der Waals surface area contributed by atoms with Gasteiger partial charge in [-0.2, -0.15) is 0 Å². The molecule has 1 N–H and O–H groups in total. The lowest BCUT2D eigenvalue weighted by Crippen LogP contribution is -2.31. The van der Waals surface area contributed by atoms with E-state index in [9.17, 15) is 9.18 Å². The van der Waals surface area contributed by atoms with Crippen LogP contribution in [0.2, 0.25) is 0 Å². The van der Waals surface area contributed by atoms with E-state index in [-0.39, 0.29) is 17.4 Å². The Morgan fingerprint density at radius 2 is 2.05 bits per heavy atom. The van der Waals surface area contributed by atoms with Gasteiger partial charge in [-0.1, -0.05) is 17.3 Å². The summed E-state index contributed by atoms with van der Waals surface area (Å²) in [5, 5.41) is 10.5. The third-order valence-electron chi connectivity index (χ3n) is 2.87. The van der Waals surface area contributed by atoms with E-state index in [1.54, 1.807) is 23.0 Å². The Morgan fingerprint density at radius 1 is 1.33 bits per heavy atom. The number of hydrogen-bond donors (Lipinski definition) is 1. The SMILES string of the molecule is CN(C)CCNC(=O)c1cn(Cc2ccc(F)cc2)nn1. The van der Waals surface area contributed by atoms with Gasteiger partial charge in [-0.25, -0.2) is 9.07 Å². The number of halogens is 1. The summed E-state index contributed by atoms with van der Waals surface area (Å²) >= 11 is 0. The van der Waals surface area contributed by atoms with Crippen molar-refractivity contribution in [2.75, 3.05) is 27.2 Å². The Morgan fingerprint density at radius 3 is 2.71 bits per heavy atom. The molecule has 0 saturated carbocycles. The zero-order valence-corrected chi connectivity index (χ0v) is 12.1. The number of carbonyl (C=O) groups excluding carboxylic acids is 1. The van der Waals surface area contributed by atoms with E-state index in [1.807, 2.05) is 19.0 Å². The van der Waals surface area contributed by atoms with Crippen LogP contribution in [-0.2, 0) is 6.54 Å². The summed E-state index contributed by atoms with van der Waals surface area (Å²) < 4.78 is 14.4. The molecule has 1 aromatic heterocycles. The second-order valence-corrected chi connectivity index (χ2v) is 4.99. The van der Waals surface area contributed by atoms with Crippen molar-refractivity contribution in [3.05, 3.63) is 47.5 Å². The van der Waals surface area contributed by atoms with Crippen LogP contribution < -0.4 is 5.32 Å². The van der Waals surface area contributed by atoms with E-state index in [2.05, 4.69) is 15.6 Å². The van der Waals surface area contributed by atoms with Gasteiger partial charge in [0.05, 0.1) is 12.7 Å². The van der Waals surface area contributed by atoms with Crippen LogP contribution in [0.25, 0.3) is 0 Å². The first-order valence-corrected chi connectivity index (χ1v) is 6.62. The summed E-state index contributed by atoms with van der Waals surface area (Å²) in [6, 6.07) is 6.13. The molecule has 7 heteroatoms. The predicted octanol–water partition coefficient (Wildman–Crippen LogP) is 0.757. The van der Waals surface area contributed by atoms with Crippen molar-refractivity contribution in [2.24, 2.45) is 0 Å². The number of hydrogen-bond acceptors (Lipinski definition) is 4. The van der Waals surface area contributed by atoms with E-state index in [0.717, 1.165) is 12.1 Å². The summed E-state index contributed by atoms with van der Waals surface area (Å²) in [7, 11) is 3.87. The van der Waals surface area contributed by atoms with Gasteiger partial charge in [-0.3, -0.25) is 4.79 Å². The van der Waals surface area contributed by atoms with E-state index in [1.165, 1.54) is 12.1 Å². The maximum atomic E-state index is 12.8. The highest BCUT2D eigenvalue weighted by Gasteiger charge is 2.10. The molecule has 0 unspecified atom stereocenters. The molecule has 0 aliphatic carbocycles. The first-order valence-electron chi connectivity index (χ1n) is 6.62. The summed E-state index contributed by atoms with van der Waals surface area (Å²) in [4.78, 5) is 13.8. The van der Waals surface area contributed by atoms with Crippen molar-refractivity contribution < 1.29 is 9.18 Å². The highest BCUT2D eigenvalue weighted by atomic mass is 19.1. The molecule has 0 bridgehead atoms. The Balaban J connectivity index is 1.91. The topological polar surface area (TPSA) is 63.1 Å². The summed E-state index contributed by atoms with van der Waals surface area (Å²) in [6.45, 7) is 1.75. The van der Waals surface area contributed by atoms with Crippen LogP contribution in [0.5, 0.6) is 0 Å². The normalized spacial score (nSPS) is 10.9. The highest BCUT2D eigenvalue weighted by Crippen LogP contribution is 2.05. The molecule has 0 aliphatic rings. The summed E-state index contributed by atoms with van der Waals surface area (Å²) in [5.74, 6) is -0.527. The van der Waals surface area contributed by atoms with Crippen molar-refractivity contribution in [2.45, 2.75) is 6.54 Å². The Labute approximate surface area is 122 Å². The van der Waals surface area contributed by atoms with Gasteiger partial charge in [0.2, 0.25) is 0 Å². The van der Waals surface area contributed by atoms with Crippen LogP contribution in [-0.4, -0.2) is 53.0 Å². The second-order valence-electron chi connectivity index (χ2n) is 4.99. The molecule has 0 saturated heterocycles. The molecule has 0 spiro atoms.